The molecule has 2 aromatic carbocycles. The van der Waals surface area contributed by atoms with Crippen LogP contribution >= 0.6 is 0 Å². The summed E-state index contributed by atoms with van der Waals surface area (Å²) in [7, 11) is -3.70. The molecule has 204 valence electrons. The first-order valence-electron chi connectivity index (χ1n) is 12.5. The van der Waals surface area contributed by atoms with Crippen LogP contribution in [0.1, 0.15) is 23.2 Å². The third-order valence-corrected chi connectivity index (χ3v) is 8.76. The number of primary amides is 1. The number of hydrogen-bond donors (Lipinski definition) is 3. The first kappa shape index (κ1) is 25.5. The Morgan fingerprint density at radius 3 is 2.58 bits per heavy atom. The molecule has 0 aliphatic carbocycles. The van der Waals surface area contributed by atoms with E-state index in [2.05, 4.69) is 15.3 Å². The molecule has 0 bridgehead atoms. The van der Waals surface area contributed by atoms with Crippen molar-refractivity contribution in [2.75, 3.05) is 18.4 Å². The highest BCUT2D eigenvalue weighted by molar-refractivity contribution is 7.89. The van der Waals surface area contributed by atoms with Crippen LogP contribution in [0.4, 0.5) is 5.95 Å². The van der Waals surface area contributed by atoms with Crippen molar-refractivity contribution < 1.29 is 22.7 Å². The minimum Gasteiger partial charge on any atom is -0.508 e. The van der Waals surface area contributed by atoms with Crippen LogP contribution in [0.5, 0.6) is 5.75 Å². The van der Waals surface area contributed by atoms with E-state index in [-0.39, 0.29) is 22.3 Å². The number of hydrogen-bond acceptors (Lipinski definition) is 9. The lowest BCUT2D eigenvalue weighted by Gasteiger charge is -2.31. The van der Waals surface area contributed by atoms with Gasteiger partial charge in [0.1, 0.15) is 23.4 Å². The van der Waals surface area contributed by atoms with Crippen molar-refractivity contribution in [3.63, 3.8) is 0 Å². The van der Waals surface area contributed by atoms with E-state index >= 15 is 0 Å². The Balaban J connectivity index is 1.19. The van der Waals surface area contributed by atoms with Gasteiger partial charge in [-0.1, -0.05) is 12.1 Å². The molecule has 0 unspecified atom stereocenters. The van der Waals surface area contributed by atoms with E-state index in [1.807, 2.05) is 6.07 Å². The van der Waals surface area contributed by atoms with Gasteiger partial charge >= 0.3 is 5.84 Å². The SMILES string of the molecule is NC(=O)c1ccc(S(=O)(=O)N2CCC(Nc3nccc(-c4c(-c5cccc(O)c5)nc5occn45)n3)CC2)cc1. The van der Waals surface area contributed by atoms with Gasteiger partial charge in [0.25, 0.3) is 0 Å². The monoisotopic (exact) mass is 559 g/mol. The zero-order valence-electron chi connectivity index (χ0n) is 21.1. The molecule has 0 radical (unpaired) electrons. The number of nitrogens with zero attached hydrogens (tertiary/aromatic N) is 5. The molecule has 1 saturated heterocycles. The average molecular weight is 560 g/mol. The fourth-order valence-electron chi connectivity index (χ4n) is 4.81. The van der Waals surface area contributed by atoms with E-state index in [1.165, 1.54) is 34.8 Å². The van der Waals surface area contributed by atoms with Crippen LogP contribution in [0, 0.1) is 0 Å². The van der Waals surface area contributed by atoms with Crippen molar-refractivity contribution in [1.82, 2.24) is 23.7 Å². The quantitative estimate of drug-likeness (QED) is 0.271. The summed E-state index contributed by atoms with van der Waals surface area (Å²) < 4.78 is 34.9. The first-order chi connectivity index (χ1) is 19.3. The van der Waals surface area contributed by atoms with Gasteiger partial charge in [-0.05, 0) is 55.3 Å². The van der Waals surface area contributed by atoms with Crippen molar-refractivity contribution in [1.29, 1.82) is 0 Å². The predicted molar refractivity (Wildman–Crippen MR) is 146 cm³/mol. The molecule has 1 amide bonds. The molecule has 12 nitrogen and oxygen atoms in total. The summed E-state index contributed by atoms with van der Waals surface area (Å²) in [6, 6.07) is 14.2. The van der Waals surface area contributed by atoms with Crippen LogP contribution in [0.2, 0.25) is 0 Å². The number of amides is 1. The fraction of sp³-hybridized carbons (Fsp3) is 0.185. The Morgan fingerprint density at radius 1 is 1.07 bits per heavy atom. The van der Waals surface area contributed by atoms with Crippen LogP contribution < -0.4 is 11.1 Å². The molecule has 4 heterocycles. The maximum Gasteiger partial charge on any atom is 0.306 e. The number of carbonyl (C=O) groups is 1. The number of phenolic OH excluding ortho intramolecular Hbond substituents is 1. The molecule has 13 heteroatoms. The number of benzene rings is 2. The van der Waals surface area contributed by atoms with Crippen LogP contribution in [0.3, 0.4) is 0 Å². The number of oxazole rings is 1. The summed E-state index contributed by atoms with van der Waals surface area (Å²) in [5, 5.41) is 13.3. The zero-order valence-corrected chi connectivity index (χ0v) is 22.0. The molecule has 0 spiro atoms. The predicted octanol–water partition coefficient (Wildman–Crippen LogP) is 3.12. The number of imidazole rings is 1. The number of anilines is 1. The topological polar surface area (TPSA) is 169 Å². The van der Waals surface area contributed by atoms with Gasteiger partial charge in [-0.25, -0.2) is 18.4 Å². The van der Waals surface area contributed by atoms with Crippen molar-refractivity contribution in [3.05, 3.63) is 78.8 Å². The maximum absolute atomic E-state index is 13.1. The molecule has 1 fully saturated rings. The average Bonchev–Trinajstić information content (AvgIpc) is 3.55. The van der Waals surface area contributed by atoms with Gasteiger partial charge in [-0.2, -0.15) is 9.29 Å². The largest absolute Gasteiger partial charge is 0.508 e. The van der Waals surface area contributed by atoms with Crippen molar-refractivity contribution in [2.45, 2.75) is 23.8 Å². The summed E-state index contributed by atoms with van der Waals surface area (Å²) >= 11 is 0. The number of aromatic hydroxyl groups is 1. The van der Waals surface area contributed by atoms with E-state index in [4.69, 9.17) is 15.1 Å². The number of carbonyl (C=O) groups excluding carboxylic acids is 1. The Hall–Kier alpha value is -4.75. The second-order valence-electron chi connectivity index (χ2n) is 9.39. The summed E-state index contributed by atoms with van der Waals surface area (Å²) in [5.41, 5.74) is 8.10. The van der Waals surface area contributed by atoms with E-state index < -0.39 is 15.9 Å². The summed E-state index contributed by atoms with van der Waals surface area (Å²) in [5.74, 6) is 0.301. The van der Waals surface area contributed by atoms with E-state index in [9.17, 15) is 18.3 Å². The number of piperidine rings is 1. The molecule has 6 rings (SSSR count). The lowest BCUT2D eigenvalue weighted by molar-refractivity contribution is 0.1000. The second-order valence-corrected chi connectivity index (χ2v) is 11.3. The highest BCUT2D eigenvalue weighted by Crippen LogP contribution is 2.34. The number of nitrogens with two attached hydrogens (primary N) is 1. The van der Waals surface area contributed by atoms with E-state index in [0.717, 1.165) is 0 Å². The molecule has 5 aromatic rings. The van der Waals surface area contributed by atoms with Crippen LogP contribution in [0.25, 0.3) is 28.5 Å². The molecule has 40 heavy (non-hydrogen) atoms. The van der Waals surface area contributed by atoms with Crippen molar-refractivity contribution in [3.8, 4) is 28.4 Å². The number of phenols is 1. The van der Waals surface area contributed by atoms with E-state index in [0.29, 0.717) is 60.4 Å². The Kier molecular flexibility index (Phi) is 6.44. The summed E-state index contributed by atoms with van der Waals surface area (Å²) in [4.78, 5) is 25.1. The molecule has 0 saturated carbocycles. The summed E-state index contributed by atoms with van der Waals surface area (Å²) in [6.07, 6.45) is 6.04. The van der Waals surface area contributed by atoms with Crippen LogP contribution in [-0.2, 0) is 10.0 Å². The van der Waals surface area contributed by atoms with E-state index in [1.54, 1.807) is 41.1 Å². The van der Waals surface area contributed by atoms with Gasteiger partial charge in [-0.3, -0.25) is 9.20 Å². The van der Waals surface area contributed by atoms with Gasteiger partial charge in [-0.15, -0.1) is 0 Å². The third kappa shape index (κ3) is 4.76. The molecule has 4 N–H and O–H groups in total. The molecule has 0 atom stereocenters. The maximum atomic E-state index is 13.1. The number of fused-ring (bicyclic) bond motifs is 1. The Bertz CT molecular complexity index is 1810. The van der Waals surface area contributed by atoms with Crippen molar-refractivity contribution >= 4 is 27.7 Å². The minimum absolute atomic E-state index is 0.0381. The van der Waals surface area contributed by atoms with Gasteiger partial charge in [0, 0.05) is 42.7 Å². The van der Waals surface area contributed by atoms with Crippen LogP contribution in [0.15, 0.2) is 82.6 Å². The number of sulfonamides is 1. The normalized spacial score (nSPS) is 14.9. The molecular weight excluding hydrogens is 534 g/mol. The molecule has 1 aliphatic rings. The van der Waals surface area contributed by atoms with Crippen molar-refractivity contribution in [2.24, 2.45) is 5.73 Å². The van der Waals surface area contributed by atoms with Crippen LogP contribution in [-0.4, -0.2) is 62.2 Å². The van der Waals surface area contributed by atoms with Gasteiger partial charge in [0.05, 0.1) is 10.6 Å². The van der Waals surface area contributed by atoms with Gasteiger partial charge in [0.2, 0.25) is 21.9 Å². The number of nitrogens with one attached hydrogen (secondary N) is 1. The second kappa shape index (κ2) is 10.1. The molecule has 3 aromatic heterocycles. The van der Waals surface area contributed by atoms with Gasteiger partial charge < -0.3 is 20.6 Å². The first-order valence-corrected chi connectivity index (χ1v) is 14.0. The minimum atomic E-state index is -3.70. The highest BCUT2D eigenvalue weighted by Gasteiger charge is 2.30. The molecular formula is C27H25N7O5S. The third-order valence-electron chi connectivity index (χ3n) is 6.84. The fourth-order valence-corrected chi connectivity index (χ4v) is 6.28. The lowest BCUT2D eigenvalue weighted by Crippen LogP contribution is -2.42. The Morgan fingerprint density at radius 2 is 1.85 bits per heavy atom. The van der Waals surface area contributed by atoms with Gasteiger partial charge in [0.15, 0.2) is 0 Å². The Labute approximate surface area is 229 Å². The zero-order chi connectivity index (χ0) is 27.9. The standard InChI is InChI=1S/C27H25N7O5S/c28-25(36)17-4-6-21(7-5-17)40(37,38)33-12-9-19(10-13-33)30-26-29-11-8-22(31-26)24-23(18-2-1-3-20(35)16-18)32-27-34(24)14-15-39-27/h1-8,11,14-16,19,35H,9-10,12-13H2,(H2,28,36)(H,29,30,31). The number of rotatable bonds is 7. The smallest absolute Gasteiger partial charge is 0.306 e. The lowest BCUT2D eigenvalue weighted by atomic mass is 10.1. The highest BCUT2D eigenvalue weighted by atomic mass is 32.2. The molecule has 1 aliphatic heterocycles. The number of aromatic nitrogens is 4. The summed E-state index contributed by atoms with van der Waals surface area (Å²) in [6.45, 7) is 0.633.